The Kier molecular flexibility index (Phi) is 35.6. The number of hydrogen-bond acceptors (Lipinski definition) is 5. The normalized spacial score (nSPS) is 12.2. The van der Waals surface area contributed by atoms with E-state index in [1.54, 1.807) is 6.82 Å². The fourth-order valence-electron chi connectivity index (χ4n) is 6.06. The molecule has 0 aromatic heterocycles. The number of amides is 1. The number of nitrogens with one attached hydrogen (secondary N) is 3. The van der Waals surface area contributed by atoms with Gasteiger partial charge in [-0.05, 0) is 58.2 Å². The number of guanidine groups is 1. The number of nitrogens with zero attached hydrogens (tertiary/aromatic N) is 1. The van der Waals surface area contributed by atoms with Crippen LogP contribution in [0.4, 0.5) is 0 Å². The lowest BCUT2D eigenvalue weighted by Gasteiger charge is -2.18. The van der Waals surface area contributed by atoms with Crippen molar-refractivity contribution in [2.75, 3.05) is 13.1 Å². The van der Waals surface area contributed by atoms with Gasteiger partial charge >= 0.3 is 14.5 Å². The van der Waals surface area contributed by atoms with Crippen LogP contribution in [0.2, 0.25) is 6.82 Å². The maximum absolute atomic E-state index is 13.2. The lowest BCUT2D eigenvalue weighted by atomic mass is 9.89. The summed E-state index contributed by atoms with van der Waals surface area (Å²) in [5.74, 6) is 0.0823. The van der Waals surface area contributed by atoms with Crippen LogP contribution in [0.5, 0.6) is 0 Å². The summed E-state index contributed by atoms with van der Waals surface area (Å²) in [5, 5.41) is 18.6. The van der Waals surface area contributed by atoms with Crippen molar-refractivity contribution in [3.8, 4) is 0 Å². The third kappa shape index (κ3) is 34.2. The molecule has 0 aromatic rings. The van der Waals surface area contributed by atoms with Gasteiger partial charge in [0.05, 0.1) is 0 Å². The molecule has 0 aliphatic rings. The Hall–Kier alpha value is -2.09. The van der Waals surface area contributed by atoms with Crippen LogP contribution in [0.1, 0.15) is 187 Å². The zero-order valence-electron chi connectivity index (χ0n) is 32.1. The van der Waals surface area contributed by atoms with Crippen molar-refractivity contribution in [3.63, 3.8) is 0 Å². The van der Waals surface area contributed by atoms with Crippen LogP contribution in [-0.2, 0) is 14.4 Å². The first-order valence-corrected chi connectivity index (χ1v) is 20.4. The number of allylic oxidation sites excluding steroid dienone is 2. The van der Waals surface area contributed by atoms with E-state index in [0.29, 0.717) is 44.5 Å². The van der Waals surface area contributed by atoms with Gasteiger partial charge in [0, 0.05) is 31.8 Å². The quantitative estimate of drug-likeness (QED) is 0.0131. The van der Waals surface area contributed by atoms with Crippen LogP contribution >= 0.6 is 0 Å². The highest BCUT2D eigenvalue weighted by Gasteiger charge is 2.21. The van der Waals surface area contributed by atoms with Crippen molar-refractivity contribution < 1.29 is 19.4 Å². The van der Waals surface area contributed by atoms with Gasteiger partial charge in [0.15, 0.2) is 5.96 Å². The van der Waals surface area contributed by atoms with Crippen molar-refractivity contribution >= 4 is 38.3 Å². The SMILES string of the molecule is CCCCCCCC/C=C/CCCCCCCC(=O)C[C@@H](CCCNC(=N[B]C=O)NB(C)O)C(=O)NCCCCCCCCCCCC. The van der Waals surface area contributed by atoms with E-state index in [1.807, 2.05) is 0 Å². The summed E-state index contributed by atoms with van der Waals surface area (Å²) < 4.78 is 0. The maximum Gasteiger partial charge on any atom is 0.409 e. The highest BCUT2D eigenvalue weighted by Crippen LogP contribution is 2.17. The number of Topliss-reactive ketones (excluding diaryl/α,β-unsaturated/α-hetero) is 1. The first-order valence-electron chi connectivity index (χ1n) is 20.4. The predicted molar refractivity (Wildman–Crippen MR) is 212 cm³/mol. The molecule has 1 radical (unpaired) electrons. The third-order valence-electron chi connectivity index (χ3n) is 9.02. The Labute approximate surface area is 303 Å². The van der Waals surface area contributed by atoms with E-state index >= 15 is 0 Å². The van der Waals surface area contributed by atoms with Gasteiger partial charge in [-0.25, -0.2) is 0 Å². The largest absolute Gasteiger partial charge is 0.433 e. The number of unbranched alkanes of at least 4 members (excludes halogenated alkanes) is 20. The minimum Gasteiger partial charge on any atom is -0.433 e. The monoisotopic (exact) mass is 686 g/mol. The number of carbonyl (C=O) groups is 3. The van der Waals surface area contributed by atoms with Gasteiger partial charge in [-0.2, -0.15) is 0 Å². The van der Waals surface area contributed by atoms with E-state index < -0.39 is 7.05 Å². The molecule has 0 fully saturated rings. The Bertz CT molecular complexity index is 842. The van der Waals surface area contributed by atoms with Crippen LogP contribution < -0.4 is 15.9 Å². The van der Waals surface area contributed by atoms with Crippen LogP contribution in [0.3, 0.4) is 0 Å². The zero-order valence-corrected chi connectivity index (χ0v) is 32.1. The van der Waals surface area contributed by atoms with Crippen LogP contribution in [0.15, 0.2) is 17.1 Å². The van der Waals surface area contributed by atoms with E-state index in [0.717, 1.165) is 45.9 Å². The second-order valence-electron chi connectivity index (χ2n) is 13.9. The van der Waals surface area contributed by atoms with Crippen molar-refractivity contribution in [1.29, 1.82) is 0 Å². The Morgan fingerprint density at radius 2 is 1.18 bits per heavy atom. The Morgan fingerprint density at radius 1 is 0.694 bits per heavy atom. The molecular formula is C39H75B2N4O4. The summed E-state index contributed by atoms with van der Waals surface area (Å²) in [7, 11) is 0.278. The number of ketones is 1. The van der Waals surface area contributed by atoms with Gasteiger partial charge in [0.25, 0.3) is 0 Å². The molecule has 281 valence electrons. The molecule has 0 spiro atoms. The molecule has 0 aromatic carbocycles. The zero-order chi connectivity index (χ0) is 36.0. The summed E-state index contributed by atoms with van der Waals surface area (Å²) in [6.07, 6.45) is 35.8. The van der Waals surface area contributed by atoms with Gasteiger partial charge < -0.3 is 30.6 Å². The summed E-state index contributed by atoms with van der Waals surface area (Å²) >= 11 is 0. The Balaban J connectivity index is 4.45. The second-order valence-corrected chi connectivity index (χ2v) is 13.9. The molecule has 0 heterocycles. The van der Waals surface area contributed by atoms with Gasteiger partial charge in [-0.15, -0.1) is 0 Å². The lowest BCUT2D eigenvalue weighted by Crippen LogP contribution is -2.45. The molecule has 0 aliphatic heterocycles. The van der Waals surface area contributed by atoms with Crippen molar-refractivity contribution in [3.05, 3.63) is 12.2 Å². The Morgan fingerprint density at radius 3 is 1.71 bits per heavy atom. The standard InChI is InChI=1S/C39H75B2N4O4/c1-4-6-8-10-12-14-16-17-18-19-20-21-23-25-27-31-37(47)34-36(30-29-33-43-39(44-40-35-46)45-41(3)49)38(48)42-32-28-26-24-22-15-13-11-9-7-5-2/h17-18,35-36,49H,4-16,19-34H2,1-3H3,(H,42,48)(H2,43,44,45)/b18-17+/t36-/m1/s1. The molecule has 4 N–H and O–H groups in total. The van der Waals surface area contributed by atoms with E-state index in [-0.39, 0.29) is 24.0 Å². The molecule has 0 aliphatic carbocycles. The van der Waals surface area contributed by atoms with E-state index in [2.05, 4.69) is 46.8 Å². The van der Waals surface area contributed by atoms with Crippen molar-refractivity contribution in [2.24, 2.45) is 10.8 Å². The average Bonchev–Trinajstić information content (AvgIpc) is 3.08. The van der Waals surface area contributed by atoms with Gasteiger partial charge in [0.1, 0.15) is 12.0 Å². The van der Waals surface area contributed by atoms with Crippen LogP contribution in [-0.4, -0.2) is 56.4 Å². The molecule has 1 atom stereocenters. The minimum atomic E-state index is -0.829. The average molecular weight is 686 g/mol. The van der Waals surface area contributed by atoms with Gasteiger partial charge in [-0.3, -0.25) is 9.59 Å². The summed E-state index contributed by atoms with van der Waals surface area (Å²) in [4.78, 5) is 40.7. The number of hydrogen-bond donors (Lipinski definition) is 4. The number of rotatable bonds is 36. The van der Waals surface area contributed by atoms with Crippen molar-refractivity contribution in [1.82, 2.24) is 15.9 Å². The molecule has 8 nitrogen and oxygen atoms in total. The first kappa shape index (κ1) is 46.9. The molecular weight excluding hydrogens is 610 g/mol. The molecule has 10 heteroatoms. The summed E-state index contributed by atoms with van der Waals surface area (Å²) in [6.45, 7) is 7.22. The maximum atomic E-state index is 13.2. The van der Waals surface area contributed by atoms with Crippen LogP contribution in [0.25, 0.3) is 0 Å². The molecule has 0 saturated heterocycles. The van der Waals surface area contributed by atoms with E-state index in [4.69, 9.17) is 0 Å². The second kappa shape index (κ2) is 37.2. The summed E-state index contributed by atoms with van der Waals surface area (Å²) in [5.41, 5.74) is 0. The minimum absolute atomic E-state index is 0.0286. The van der Waals surface area contributed by atoms with E-state index in [1.165, 1.54) is 109 Å². The smallest absolute Gasteiger partial charge is 0.409 e. The fourth-order valence-corrected chi connectivity index (χ4v) is 6.06. The molecule has 0 bridgehead atoms. The highest BCUT2D eigenvalue weighted by molar-refractivity contribution is 6.66. The molecule has 1 amide bonds. The molecule has 0 unspecified atom stereocenters. The van der Waals surface area contributed by atoms with Crippen molar-refractivity contribution in [2.45, 2.75) is 194 Å². The highest BCUT2D eigenvalue weighted by atomic mass is 16.2. The van der Waals surface area contributed by atoms with Gasteiger partial charge in [0.2, 0.25) is 5.91 Å². The topological polar surface area (TPSA) is 120 Å². The van der Waals surface area contributed by atoms with Gasteiger partial charge in [-0.1, -0.05) is 135 Å². The third-order valence-corrected chi connectivity index (χ3v) is 9.02. The first-order chi connectivity index (χ1) is 23.9. The lowest BCUT2D eigenvalue weighted by molar-refractivity contribution is -0.129. The molecule has 0 rings (SSSR count). The summed E-state index contributed by atoms with van der Waals surface area (Å²) in [6, 6.07) is 0. The van der Waals surface area contributed by atoms with Crippen LogP contribution in [0, 0.1) is 5.92 Å². The molecule has 0 saturated carbocycles. The predicted octanol–water partition coefficient (Wildman–Crippen LogP) is 8.87. The fraction of sp³-hybridized carbons (Fsp3) is 0.846. The molecule has 49 heavy (non-hydrogen) atoms. The number of carbonyl (C=O) groups excluding carboxylic acids is 3. The van der Waals surface area contributed by atoms with E-state index in [9.17, 15) is 19.4 Å².